The second-order valence-electron chi connectivity index (χ2n) is 15.7. The maximum atomic E-state index is 9.40. The van der Waals surface area contributed by atoms with Crippen molar-refractivity contribution in [2.45, 2.75) is 132 Å². The van der Waals surface area contributed by atoms with Crippen LogP contribution in [0, 0.1) is 62.6 Å². The fourth-order valence-electron chi connectivity index (χ4n) is 12.6. The Bertz CT molecular complexity index is 741. The first-order valence-electron chi connectivity index (χ1n) is 15.0. The first kappa shape index (κ1) is 24.6. The van der Waals surface area contributed by atoms with E-state index in [1.165, 1.54) is 77.0 Å². The van der Waals surface area contributed by atoms with E-state index in [-0.39, 0.29) is 0 Å². The molecular formula is C32H56O. The van der Waals surface area contributed by atoms with E-state index in [0.717, 1.165) is 41.9 Å². The van der Waals surface area contributed by atoms with Gasteiger partial charge in [0.1, 0.15) is 0 Å². The third-order valence-corrected chi connectivity index (χ3v) is 14.3. The average Bonchev–Trinajstić information content (AvgIpc) is 3.09. The van der Waals surface area contributed by atoms with Gasteiger partial charge in [0, 0.05) is 6.61 Å². The van der Waals surface area contributed by atoms with Crippen LogP contribution >= 0.6 is 0 Å². The number of aliphatic hydroxyl groups is 1. The molecular weight excluding hydrogens is 400 g/mol. The highest BCUT2D eigenvalue weighted by Crippen LogP contribution is 2.78. The van der Waals surface area contributed by atoms with Gasteiger partial charge in [0.2, 0.25) is 0 Å². The molecule has 33 heavy (non-hydrogen) atoms. The predicted octanol–water partition coefficient (Wildman–Crippen LogP) is 8.89. The summed E-state index contributed by atoms with van der Waals surface area (Å²) in [5, 5.41) is 9.40. The first-order valence-corrected chi connectivity index (χ1v) is 15.0. The second-order valence-corrected chi connectivity index (χ2v) is 15.7. The van der Waals surface area contributed by atoms with Gasteiger partial charge in [-0.05, 0) is 140 Å². The van der Waals surface area contributed by atoms with Crippen LogP contribution in [0.15, 0.2) is 0 Å². The van der Waals surface area contributed by atoms with Crippen molar-refractivity contribution in [2.24, 2.45) is 62.6 Å². The van der Waals surface area contributed by atoms with Gasteiger partial charge in [0.05, 0.1) is 0 Å². The number of fused-ring (bicyclic) bond motifs is 7. The molecule has 5 aliphatic carbocycles. The van der Waals surface area contributed by atoms with Gasteiger partial charge in [0.25, 0.3) is 0 Å². The number of hydrogen-bond donors (Lipinski definition) is 1. The predicted molar refractivity (Wildman–Crippen MR) is 140 cm³/mol. The fourth-order valence-corrected chi connectivity index (χ4v) is 12.6. The minimum atomic E-state index is 0.371. The lowest BCUT2D eigenvalue weighted by Crippen LogP contribution is -2.65. The van der Waals surface area contributed by atoms with Crippen molar-refractivity contribution in [3.05, 3.63) is 0 Å². The standard InChI is InChI=1S/C32H56O/c1-22(10-8-21-33)23-13-18-29(4)24(23)14-19-31(6)26(29)11-12-27-30(5)17-9-16-28(2,3)25(30)15-20-32(27,31)7/h22-27,33H,8-21H2,1-7H3/t22?,23-,24?,25+,26?,27?,29+,30+,31-,32-/m1/s1. The van der Waals surface area contributed by atoms with Gasteiger partial charge in [-0.2, -0.15) is 0 Å². The highest BCUT2D eigenvalue weighted by Gasteiger charge is 2.70. The maximum Gasteiger partial charge on any atom is 0.0431 e. The van der Waals surface area contributed by atoms with E-state index in [9.17, 15) is 5.11 Å². The Morgan fingerprint density at radius 1 is 0.697 bits per heavy atom. The van der Waals surface area contributed by atoms with Crippen molar-refractivity contribution in [1.82, 2.24) is 0 Å². The summed E-state index contributed by atoms with van der Waals surface area (Å²) in [5.74, 6) is 5.43. The Morgan fingerprint density at radius 3 is 2.00 bits per heavy atom. The van der Waals surface area contributed by atoms with Gasteiger partial charge in [-0.1, -0.05) is 54.9 Å². The summed E-state index contributed by atoms with van der Waals surface area (Å²) in [6.45, 7) is 19.2. The van der Waals surface area contributed by atoms with Crippen LogP contribution in [0.5, 0.6) is 0 Å². The molecule has 5 fully saturated rings. The summed E-state index contributed by atoms with van der Waals surface area (Å²) < 4.78 is 0. The van der Waals surface area contributed by atoms with Crippen molar-refractivity contribution in [2.75, 3.05) is 6.61 Å². The van der Waals surface area contributed by atoms with Crippen LogP contribution in [0.4, 0.5) is 0 Å². The second kappa shape index (κ2) is 7.98. The van der Waals surface area contributed by atoms with Crippen molar-refractivity contribution in [3.8, 4) is 0 Å². The summed E-state index contributed by atoms with van der Waals surface area (Å²) in [4.78, 5) is 0. The molecule has 0 heterocycles. The summed E-state index contributed by atoms with van der Waals surface area (Å²) in [7, 11) is 0. The highest BCUT2D eigenvalue weighted by molar-refractivity contribution is 5.19. The summed E-state index contributed by atoms with van der Waals surface area (Å²) >= 11 is 0. The van der Waals surface area contributed by atoms with Crippen molar-refractivity contribution >= 4 is 0 Å². The minimum Gasteiger partial charge on any atom is -0.396 e. The molecule has 0 bridgehead atoms. The van der Waals surface area contributed by atoms with E-state index in [1.54, 1.807) is 0 Å². The topological polar surface area (TPSA) is 20.2 Å². The van der Waals surface area contributed by atoms with Gasteiger partial charge in [-0.3, -0.25) is 0 Å². The Hall–Kier alpha value is -0.0400. The third-order valence-electron chi connectivity index (χ3n) is 14.3. The molecule has 0 aromatic heterocycles. The smallest absolute Gasteiger partial charge is 0.0431 e. The molecule has 0 aromatic carbocycles. The molecule has 190 valence electrons. The molecule has 5 aliphatic rings. The van der Waals surface area contributed by atoms with Crippen LogP contribution in [0.3, 0.4) is 0 Å². The lowest BCUT2D eigenvalue weighted by molar-refractivity contribution is -0.241. The highest BCUT2D eigenvalue weighted by atomic mass is 16.2. The molecule has 0 amide bonds. The molecule has 5 saturated carbocycles. The normalized spacial score (nSPS) is 54.0. The Kier molecular flexibility index (Phi) is 5.96. The van der Waals surface area contributed by atoms with Crippen LogP contribution in [0.1, 0.15) is 132 Å². The summed E-state index contributed by atoms with van der Waals surface area (Å²) in [5.41, 5.74) is 2.72. The Balaban J connectivity index is 1.45. The molecule has 0 spiro atoms. The zero-order valence-electron chi connectivity index (χ0n) is 23.3. The molecule has 1 N–H and O–H groups in total. The molecule has 10 atom stereocenters. The molecule has 1 nitrogen and oxygen atoms in total. The Morgan fingerprint density at radius 2 is 1.33 bits per heavy atom. The van der Waals surface area contributed by atoms with Gasteiger partial charge >= 0.3 is 0 Å². The first-order chi connectivity index (χ1) is 15.4. The molecule has 5 rings (SSSR count). The zero-order valence-corrected chi connectivity index (χ0v) is 23.3. The van der Waals surface area contributed by atoms with Crippen LogP contribution in [0.25, 0.3) is 0 Å². The van der Waals surface area contributed by atoms with Crippen LogP contribution < -0.4 is 0 Å². The van der Waals surface area contributed by atoms with Gasteiger partial charge in [0.15, 0.2) is 0 Å². The van der Waals surface area contributed by atoms with Crippen molar-refractivity contribution in [1.29, 1.82) is 0 Å². The van der Waals surface area contributed by atoms with Gasteiger partial charge in [-0.15, -0.1) is 0 Å². The Labute approximate surface area is 206 Å². The summed E-state index contributed by atoms with van der Waals surface area (Å²) in [6, 6.07) is 0. The van der Waals surface area contributed by atoms with E-state index in [0.29, 0.717) is 33.7 Å². The minimum absolute atomic E-state index is 0.371. The van der Waals surface area contributed by atoms with Crippen LogP contribution in [-0.2, 0) is 0 Å². The molecule has 0 aromatic rings. The fraction of sp³-hybridized carbons (Fsp3) is 1.00. The molecule has 0 aliphatic heterocycles. The average molecular weight is 457 g/mol. The van der Waals surface area contributed by atoms with E-state index in [1.807, 2.05) is 0 Å². The van der Waals surface area contributed by atoms with Crippen molar-refractivity contribution in [3.63, 3.8) is 0 Å². The monoisotopic (exact) mass is 456 g/mol. The van der Waals surface area contributed by atoms with Gasteiger partial charge in [-0.25, -0.2) is 0 Å². The molecule has 0 radical (unpaired) electrons. The van der Waals surface area contributed by atoms with Crippen LogP contribution in [0.2, 0.25) is 0 Å². The van der Waals surface area contributed by atoms with E-state index < -0.39 is 0 Å². The van der Waals surface area contributed by atoms with Gasteiger partial charge < -0.3 is 5.11 Å². The van der Waals surface area contributed by atoms with E-state index in [4.69, 9.17) is 0 Å². The summed E-state index contributed by atoms with van der Waals surface area (Å²) in [6.07, 6.45) is 18.5. The molecule has 1 heteroatoms. The number of hydrogen-bond acceptors (Lipinski definition) is 1. The largest absolute Gasteiger partial charge is 0.396 e. The maximum absolute atomic E-state index is 9.40. The quantitative estimate of drug-likeness (QED) is 0.448. The van der Waals surface area contributed by atoms with Crippen molar-refractivity contribution < 1.29 is 5.11 Å². The zero-order chi connectivity index (χ0) is 23.9. The van der Waals surface area contributed by atoms with E-state index in [2.05, 4.69) is 48.5 Å². The SMILES string of the molecule is CC(CCCO)[C@H]1CC[C@@]2(C)C1CC[C@]1(C)C2CCC2[C@@]3(C)CCCC(C)(C)[C@@H]3CC[C@]21C. The number of aliphatic hydroxyl groups excluding tert-OH is 1. The molecule has 4 unspecified atom stereocenters. The number of rotatable bonds is 4. The van der Waals surface area contributed by atoms with E-state index >= 15 is 0 Å². The lowest BCUT2D eigenvalue weighted by atomic mass is 9.32. The molecule has 0 saturated heterocycles. The third kappa shape index (κ3) is 3.25. The van der Waals surface area contributed by atoms with Crippen LogP contribution in [-0.4, -0.2) is 11.7 Å². The lowest BCUT2D eigenvalue weighted by Gasteiger charge is -2.73.